The third-order valence-corrected chi connectivity index (χ3v) is 2.70. The Morgan fingerprint density at radius 2 is 2.00 bits per heavy atom. The number of alkyl halides is 3. The van der Waals surface area contributed by atoms with Gasteiger partial charge in [-0.25, -0.2) is 0 Å². The Bertz CT molecular complexity index is 421. The minimum Gasteiger partial charge on any atom is -0.494 e. The normalized spacial score (nSPS) is 13.3. The number of ether oxygens (including phenoxy) is 2. The van der Waals surface area contributed by atoms with E-state index in [4.69, 9.17) is 10.5 Å². The van der Waals surface area contributed by atoms with Crippen LogP contribution in [-0.4, -0.2) is 26.0 Å². The Labute approximate surface area is 116 Å². The third-order valence-electron chi connectivity index (χ3n) is 2.70. The largest absolute Gasteiger partial charge is 0.494 e. The highest BCUT2D eigenvalue weighted by Crippen LogP contribution is 2.27. The van der Waals surface area contributed by atoms with Crippen molar-refractivity contribution in [2.75, 3.05) is 19.8 Å². The van der Waals surface area contributed by atoms with Gasteiger partial charge >= 0.3 is 6.18 Å². The van der Waals surface area contributed by atoms with Crippen molar-refractivity contribution < 1.29 is 22.6 Å². The van der Waals surface area contributed by atoms with Gasteiger partial charge in [-0.05, 0) is 26.3 Å². The van der Waals surface area contributed by atoms with E-state index in [9.17, 15) is 13.2 Å². The van der Waals surface area contributed by atoms with Crippen molar-refractivity contribution in [2.24, 2.45) is 5.73 Å². The molecule has 1 atom stereocenters. The van der Waals surface area contributed by atoms with Gasteiger partial charge < -0.3 is 15.2 Å². The van der Waals surface area contributed by atoms with Crippen LogP contribution in [0.25, 0.3) is 0 Å². The summed E-state index contributed by atoms with van der Waals surface area (Å²) in [7, 11) is 0. The second-order valence-electron chi connectivity index (χ2n) is 4.54. The molecule has 0 radical (unpaired) electrons. The molecule has 3 nitrogen and oxygen atoms in total. The molecule has 0 amide bonds. The summed E-state index contributed by atoms with van der Waals surface area (Å²) in [5.74, 6) is 0.668. The molecular formula is C14H20F3NO2. The molecular weight excluding hydrogens is 271 g/mol. The van der Waals surface area contributed by atoms with E-state index in [-0.39, 0.29) is 6.61 Å². The van der Waals surface area contributed by atoms with E-state index in [1.807, 2.05) is 32.0 Å². The van der Waals surface area contributed by atoms with Gasteiger partial charge in [0.25, 0.3) is 0 Å². The van der Waals surface area contributed by atoms with Crippen LogP contribution >= 0.6 is 0 Å². The van der Waals surface area contributed by atoms with Gasteiger partial charge in [0.1, 0.15) is 12.4 Å². The Balaban J connectivity index is 2.58. The molecule has 20 heavy (non-hydrogen) atoms. The van der Waals surface area contributed by atoms with Gasteiger partial charge in [-0.3, -0.25) is 0 Å². The highest BCUT2D eigenvalue weighted by molar-refractivity contribution is 5.39. The first-order chi connectivity index (χ1) is 9.33. The highest BCUT2D eigenvalue weighted by atomic mass is 19.4. The van der Waals surface area contributed by atoms with Gasteiger partial charge in [-0.2, -0.15) is 13.2 Å². The van der Waals surface area contributed by atoms with Crippen molar-refractivity contribution in [3.63, 3.8) is 0 Å². The molecule has 114 valence electrons. The summed E-state index contributed by atoms with van der Waals surface area (Å²) in [6.07, 6.45) is -4.00. The van der Waals surface area contributed by atoms with Crippen LogP contribution in [0.5, 0.6) is 5.75 Å². The quantitative estimate of drug-likeness (QED) is 0.783. The minimum absolute atomic E-state index is 0.0415. The molecule has 1 aromatic rings. The first-order valence-corrected chi connectivity index (χ1v) is 6.47. The number of benzene rings is 1. The van der Waals surface area contributed by atoms with Gasteiger partial charge in [0.05, 0.1) is 6.61 Å². The minimum atomic E-state index is -4.30. The van der Waals surface area contributed by atoms with Crippen LogP contribution < -0.4 is 10.5 Å². The number of nitrogens with two attached hydrogens (primary N) is 1. The van der Waals surface area contributed by atoms with Crippen LogP contribution in [0.3, 0.4) is 0 Å². The fourth-order valence-electron chi connectivity index (χ4n) is 1.80. The Morgan fingerprint density at radius 1 is 1.30 bits per heavy atom. The average Bonchev–Trinajstić information content (AvgIpc) is 2.35. The fraction of sp³-hybridized carbons (Fsp3) is 0.571. The molecule has 0 fully saturated rings. The zero-order chi connectivity index (χ0) is 15.2. The molecule has 2 N–H and O–H groups in total. The topological polar surface area (TPSA) is 44.5 Å². The van der Waals surface area contributed by atoms with E-state index in [1.54, 1.807) is 0 Å². The summed E-state index contributed by atoms with van der Waals surface area (Å²) in [5.41, 5.74) is 7.82. The Kier molecular flexibility index (Phi) is 6.29. The van der Waals surface area contributed by atoms with Crippen molar-refractivity contribution >= 4 is 0 Å². The maximum atomic E-state index is 11.9. The van der Waals surface area contributed by atoms with E-state index >= 15 is 0 Å². The smallest absolute Gasteiger partial charge is 0.411 e. The lowest BCUT2D eigenvalue weighted by atomic mass is 10.0. The summed E-state index contributed by atoms with van der Waals surface area (Å²) in [6.45, 7) is 3.01. The van der Waals surface area contributed by atoms with Crippen LogP contribution in [0, 0.1) is 6.92 Å². The lowest BCUT2D eigenvalue weighted by molar-refractivity contribution is -0.174. The standard InChI is InChI=1S/C14H20F3NO2/c1-3-20-13-5-4-10(2)8-11(13)12(18)6-7-19-9-14(15,16)17/h4-5,8,12H,3,6-7,9,18H2,1-2H3. The lowest BCUT2D eigenvalue weighted by Crippen LogP contribution is -2.20. The molecule has 1 aromatic carbocycles. The molecule has 0 aliphatic rings. The van der Waals surface area contributed by atoms with Crippen molar-refractivity contribution in [3.8, 4) is 5.75 Å². The second-order valence-corrected chi connectivity index (χ2v) is 4.54. The van der Waals surface area contributed by atoms with Gasteiger partial charge in [0, 0.05) is 18.2 Å². The molecule has 6 heteroatoms. The van der Waals surface area contributed by atoms with E-state index in [2.05, 4.69) is 4.74 Å². The van der Waals surface area contributed by atoms with Crippen LogP contribution in [-0.2, 0) is 4.74 Å². The molecule has 0 saturated carbocycles. The molecule has 0 heterocycles. The molecule has 0 aromatic heterocycles. The predicted molar refractivity (Wildman–Crippen MR) is 70.8 cm³/mol. The van der Waals surface area contributed by atoms with E-state index < -0.39 is 18.8 Å². The molecule has 0 aliphatic heterocycles. The number of halogens is 3. The third kappa shape index (κ3) is 5.79. The average molecular weight is 291 g/mol. The molecule has 0 aliphatic carbocycles. The molecule has 0 bridgehead atoms. The monoisotopic (exact) mass is 291 g/mol. The summed E-state index contributed by atoms with van der Waals surface area (Å²) in [6, 6.07) is 5.20. The molecule has 1 rings (SSSR count). The maximum absolute atomic E-state index is 11.9. The van der Waals surface area contributed by atoms with E-state index in [0.29, 0.717) is 18.8 Å². The highest BCUT2D eigenvalue weighted by Gasteiger charge is 2.27. The van der Waals surface area contributed by atoms with Crippen LogP contribution in [0.2, 0.25) is 0 Å². The van der Waals surface area contributed by atoms with Gasteiger partial charge in [0.2, 0.25) is 0 Å². The van der Waals surface area contributed by atoms with Crippen molar-refractivity contribution in [1.82, 2.24) is 0 Å². The van der Waals surface area contributed by atoms with Gasteiger partial charge in [-0.15, -0.1) is 0 Å². The zero-order valence-corrected chi connectivity index (χ0v) is 11.7. The molecule has 0 saturated heterocycles. The summed E-state index contributed by atoms with van der Waals surface area (Å²) in [5, 5.41) is 0. The van der Waals surface area contributed by atoms with Gasteiger partial charge in [-0.1, -0.05) is 17.7 Å². The summed E-state index contributed by atoms with van der Waals surface area (Å²) >= 11 is 0. The maximum Gasteiger partial charge on any atom is 0.411 e. The number of hydrogen-bond donors (Lipinski definition) is 1. The zero-order valence-electron chi connectivity index (χ0n) is 11.7. The Morgan fingerprint density at radius 3 is 2.60 bits per heavy atom. The van der Waals surface area contributed by atoms with Crippen LogP contribution in [0.1, 0.15) is 30.5 Å². The molecule has 0 spiro atoms. The second kappa shape index (κ2) is 7.50. The van der Waals surface area contributed by atoms with E-state index in [0.717, 1.165) is 11.1 Å². The summed E-state index contributed by atoms with van der Waals surface area (Å²) < 4.78 is 45.9. The molecule has 1 unspecified atom stereocenters. The van der Waals surface area contributed by atoms with E-state index in [1.165, 1.54) is 0 Å². The van der Waals surface area contributed by atoms with Crippen molar-refractivity contribution in [2.45, 2.75) is 32.5 Å². The fourth-order valence-corrected chi connectivity index (χ4v) is 1.80. The van der Waals surface area contributed by atoms with Crippen molar-refractivity contribution in [3.05, 3.63) is 29.3 Å². The predicted octanol–water partition coefficient (Wildman–Crippen LogP) is 3.36. The first-order valence-electron chi connectivity index (χ1n) is 6.47. The van der Waals surface area contributed by atoms with Gasteiger partial charge in [0.15, 0.2) is 0 Å². The van der Waals surface area contributed by atoms with Crippen LogP contribution in [0.15, 0.2) is 18.2 Å². The van der Waals surface area contributed by atoms with Crippen LogP contribution in [0.4, 0.5) is 13.2 Å². The van der Waals surface area contributed by atoms with Crippen molar-refractivity contribution in [1.29, 1.82) is 0 Å². The lowest BCUT2D eigenvalue weighted by Gasteiger charge is -2.17. The SMILES string of the molecule is CCOc1ccc(C)cc1C(N)CCOCC(F)(F)F. The first kappa shape index (κ1) is 16.8. The number of rotatable bonds is 7. The summed E-state index contributed by atoms with van der Waals surface area (Å²) in [4.78, 5) is 0. The number of aryl methyl sites for hydroxylation is 1. The number of hydrogen-bond acceptors (Lipinski definition) is 3. The Hall–Kier alpha value is -1.27.